The fourth-order valence-corrected chi connectivity index (χ4v) is 2.60. The summed E-state index contributed by atoms with van der Waals surface area (Å²) in [5.74, 6) is 0. The first-order valence-electron chi connectivity index (χ1n) is 6.26. The molecule has 90 valence electrons. The van der Waals surface area contributed by atoms with Crippen molar-refractivity contribution in [3.05, 3.63) is 53.1 Å². The van der Waals surface area contributed by atoms with E-state index in [0.29, 0.717) is 0 Å². The Kier molecular flexibility index (Phi) is 2.30. The van der Waals surface area contributed by atoms with Crippen LogP contribution < -0.4 is 5.73 Å². The zero-order valence-corrected chi connectivity index (χ0v) is 11.0. The highest BCUT2D eigenvalue weighted by atomic mass is 14.6. The Balaban J connectivity index is 2.55. The lowest BCUT2D eigenvalue weighted by Crippen LogP contribution is -1.94. The average molecular weight is 235 g/mol. The van der Waals surface area contributed by atoms with E-state index in [-0.39, 0.29) is 0 Å². The second-order valence-corrected chi connectivity index (χ2v) is 5.12. The fraction of sp³-hybridized carbons (Fsp3) is 0.176. The molecule has 0 radical (unpaired) electrons. The lowest BCUT2D eigenvalue weighted by molar-refractivity contribution is 1.37. The third-order valence-corrected chi connectivity index (χ3v) is 3.86. The minimum atomic E-state index is 0.910. The molecule has 1 heteroatoms. The molecule has 0 fully saturated rings. The molecule has 0 atom stereocenters. The van der Waals surface area contributed by atoms with Gasteiger partial charge in [0.25, 0.3) is 0 Å². The maximum Gasteiger partial charge on any atom is 0.0426 e. The smallest absolute Gasteiger partial charge is 0.0426 e. The standard InChI is InChI=1S/C17H17N/c1-10-4-6-14-13(8-10)5-7-15-16(14)9-11(2)12(3)17(15)18/h4-9H,18H2,1-3H3. The Morgan fingerprint density at radius 3 is 2.28 bits per heavy atom. The SMILES string of the molecule is Cc1ccc2c(ccc3c(N)c(C)c(C)cc32)c1. The van der Waals surface area contributed by atoms with Gasteiger partial charge in [-0.3, -0.25) is 0 Å². The molecule has 0 aliphatic heterocycles. The van der Waals surface area contributed by atoms with E-state index >= 15 is 0 Å². The molecule has 3 aromatic carbocycles. The number of benzene rings is 3. The zero-order valence-electron chi connectivity index (χ0n) is 11.0. The first-order valence-corrected chi connectivity index (χ1v) is 6.26. The Bertz CT molecular complexity index is 770. The Morgan fingerprint density at radius 2 is 1.50 bits per heavy atom. The molecule has 0 heterocycles. The van der Waals surface area contributed by atoms with Crippen LogP contribution >= 0.6 is 0 Å². The van der Waals surface area contributed by atoms with Crippen LogP contribution in [0.5, 0.6) is 0 Å². The number of rotatable bonds is 0. The topological polar surface area (TPSA) is 26.0 Å². The molecule has 0 bridgehead atoms. The number of nitrogen functional groups attached to an aromatic ring is 1. The van der Waals surface area contributed by atoms with Crippen LogP contribution in [0.3, 0.4) is 0 Å². The van der Waals surface area contributed by atoms with Crippen LogP contribution in [-0.2, 0) is 0 Å². The molecule has 0 aliphatic carbocycles. The zero-order chi connectivity index (χ0) is 12.9. The summed E-state index contributed by atoms with van der Waals surface area (Å²) in [4.78, 5) is 0. The Labute approximate surface area is 107 Å². The summed E-state index contributed by atoms with van der Waals surface area (Å²) in [6, 6.07) is 13.1. The van der Waals surface area contributed by atoms with Gasteiger partial charge in [0.15, 0.2) is 0 Å². The highest BCUT2D eigenvalue weighted by Crippen LogP contribution is 2.33. The van der Waals surface area contributed by atoms with Crippen molar-refractivity contribution in [2.75, 3.05) is 5.73 Å². The van der Waals surface area contributed by atoms with Gasteiger partial charge in [-0.25, -0.2) is 0 Å². The average Bonchev–Trinajstić information content (AvgIpc) is 2.35. The third-order valence-electron chi connectivity index (χ3n) is 3.86. The summed E-state index contributed by atoms with van der Waals surface area (Å²) in [5.41, 5.74) is 10.9. The van der Waals surface area contributed by atoms with Crippen molar-refractivity contribution < 1.29 is 0 Å². The van der Waals surface area contributed by atoms with E-state index in [2.05, 4.69) is 57.2 Å². The molecule has 3 aromatic rings. The lowest BCUT2D eigenvalue weighted by Gasteiger charge is -2.12. The summed E-state index contributed by atoms with van der Waals surface area (Å²) in [5, 5.41) is 4.99. The molecular weight excluding hydrogens is 218 g/mol. The van der Waals surface area contributed by atoms with Crippen LogP contribution in [0.2, 0.25) is 0 Å². The maximum absolute atomic E-state index is 6.24. The Hall–Kier alpha value is -2.02. The summed E-state index contributed by atoms with van der Waals surface area (Å²) >= 11 is 0. The molecule has 2 N–H and O–H groups in total. The number of hydrogen-bond acceptors (Lipinski definition) is 1. The predicted octanol–water partition coefficient (Wildman–Crippen LogP) is 4.50. The van der Waals surface area contributed by atoms with E-state index in [1.807, 2.05) is 0 Å². The molecule has 0 amide bonds. The van der Waals surface area contributed by atoms with Gasteiger partial charge in [-0.15, -0.1) is 0 Å². The summed E-state index contributed by atoms with van der Waals surface area (Å²) in [7, 11) is 0. The van der Waals surface area contributed by atoms with Gasteiger partial charge in [0, 0.05) is 11.1 Å². The fourth-order valence-electron chi connectivity index (χ4n) is 2.60. The van der Waals surface area contributed by atoms with Crippen LogP contribution in [-0.4, -0.2) is 0 Å². The maximum atomic E-state index is 6.24. The van der Waals surface area contributed by atoms with E-state index in [1.54, 1.807) is 0 Å². The van der Waals surface area contributed by atoms with Gasteiger partial charge in [0.05, 0.1) is 0 Å². The van der Waals surface area contributed by atoms with Crippen LogP contribution in [0.4, 0.5) is 5.69 Å². The van der Waals surface area contributed by atoms with Crippen molar-refractivity contribution in [1.29, 1.82) is 0 Å². The molecule has 0 spiro atoms. The van der Waals surface area contributed by atoms with Gasteiger partial charge >= 0.3 is 0 Å². The second-order valence-electron chi connectivity index (χ2n) is 5.12. The minimum Gasteiger partial charge on any atom is -0.398 e. The molecule has 0 saturated carbocycles. The molecule has 0 aromatic heterocycles. The van der Waals surface area contributed by atoms with Crippen molar-refractivity contribution in [3.8, 4) is 0 Å². The first-order chi connectivity index (χ1) is 8.58. The number of aryl methyl sites for hydroxylation is 2. The normalized spacial score (nSPS) is 11.3. The monoisotopic (exact) mass is 235 g/mol. The Morgan fingerprint density at radius 1 is 0.778 bits per heavy atom. The van der Waals surface area contributed by atoms with Crippen molar-refractivity contribution in [3.63, 3.8) is 0 Å². The molecule has 0 unspecified atom stereocenters. The highest BCUT2D eigenvalue weighted by Gasteiger charge is 2.07. The van der Waals surface area contributed by atoms with Gasteiger partial charge in [0.2, 0.25) is 0 Å². The van der Waals surface area contributed by atoms with Crippen LogP contribution in [0.25, 0.3) is 21.5 Å². The van der Waals surface area contributed by atoms with Gasteiger partial charge < -0.3 is 5.73 Å². The van der Waals surface area contributed by atoms with Crippen molar-refractivity contribution >= 4 is 27.2 Å². The van der Waals surface area contributed by atoms with Gasteiger partial charge in [-0.2, -0.15) is 0 Å². The van der Waals surface area contributed by atoms with E-state index in [4.69, 9.17) is 5.73 Å². The van der Waals surface area contributed by atoms with Crippen molar-refractivity contribution in [1.82, 2.24) is 0 Å². The number of anilines is 1. The lowest BCUT2D eigenvalue weighted by atomic mass is 9.95. The van der Waals surface area contributed by atoms with Crippen molar-refractivity contribution in [2.45, 2.75) is 20.8 Å². The summed E-state index contributed by atoms with van der Waals surface area (Å²) in [6.07, 6.45) is 0. The predicted molar refractivity (Wildman–Crippen MR) is 80.1 cm³/mol. The number of hydrogen-bond donors (Lipinski definition) is 1. The molecule has 1 nitrogen and oxygen atoms in total. The highest BCUT2D eigenvalue weighted by molar-refractivity contribution is 6.12. The molecule has 0 aliphatic rings. The molecular formula is C17H17N. The van der Waals surface area contributed by atoms with E-state index < -0.39 is 0 Å². The summed E-state index contributed by atoms with van der Waals surface area (Å²) in [6.45, 7) is 6.33. The van der Waals surface area contributed by atoms with Crippen molar-refractivity contribution in [2.24, 2.45) is 0 Å². The third kappa shape index (κ3) is 1.47. The largest absolute Gasteiger partial charge is 0.398 e. The summed E-state index contributed by atoms with van der Waals surface area (Å²) < 4.78 is 0. The molecule has 0 saturated heterocycles. The molecule has 18 heavy (non-hydrogen) atoms. The van der Waals surface area contributed by atoms with Gasteiger partial charge in [-0.05, 0) is 48.1 Å². The van der Waals surface area contributed by atoms with Gasteiger partial charge in [-0.1, -0.05) is 42.0 Å². The minimum absolute atomic E-state index is 0.910. The molecule has 3 rings (SSSR count). The second kappa shape index (κ2) is 3.74. The number of nitrogens with two attached hydrogens (primary N) is 1. The van der Waals surface area contributed by atoms with E-state index in [9.17, 15) is 0 Å². The van der Waals surface area contributed by atoms with E-state index in [0.717, 1.165) is 11.1 Å². The number of fused-ring (bicyclic) bond motifs is 3. The first kappa shape index (κ1) is 11.1. The quantitative estimate of drug-likeness (QED) is 0.450. The van der Waals surface area contributed by atoms with Crippen LogP contribution in [0.1, 0.15) is 16.7 Å². The van der Waals surface area contributed by atoms with Crippen LogP contribution in [0, 0.1) is 20.8 Å². The van der Waals surface area contributed by atoms with E-state index in [1.165, 1.54) is 32.8 Å². The van der Waals surface area contributed by atoms with Gasteiger partial charge in [0.1, 0.15) is 0 Å². The van der Waals surface area contributed by atoms with Crippen LogP contribution in [0.15, 0.2) is 36.4 Å².